The molecule has 1 aromatic rings. The van der Waals surface area contributed by atoms with E-state index in [-0.39, 0.29) is 11.6 Å². The highest BCUT2D eigenvalue weighted by Crippen LogP contribution is 2.11. The van der Waals surface area contributed by atoms with Crippen LogP contribution < -0.4 is 21.6 Å². The molecule has 0 bridgehead atoms. The zero-order chi connectivity index (χ0) is 19.7. The summed E-state index contributed by atoms with van der Waals surface area (Å²) >= 11 is 0. The van der Waals surface area contributed by atoms with E-state index in [2.05, 4.69) is 10.6 Å². The fourth-order valence-corrected chi connectivity index (χ4v) is 2.06. The summed E-state index contributed by atoms with van der Waals surface area (Å²) in [5.74, 6) is -0.340. The number of amides is 2. The van der Waals surface area contributed by atoms with Crippen LogP contribution in [-0.4, -0.2) is 35.4 Å². The summed E-state index contributed by atoms with van der Waals surface area (Å²) in [6.07, 6.45) is 1.34. The zero-order valence-electron chi connectivity index (χ0n) is 15.4. The molecule has 0 heterocycles. The molecule has 146 valence electrons. The van der Waals surface area contributed by atoms with E-state index in [1.54, 1.807) is 20.8 Å². The zero-order valence-corrected chi connectivity index (χ0v) is 15.4. The Labute approximate surface area is 153 Å². The minimum absolute atomic E-state index is 0.143. The second kappa shape index (κ2) is 10.1. The Morgan fingerprint density at radius 3 is 2.42 bits per heavy atom. The molecular formula is C17H28N4O5. The minimum atomic E-state index is -1.03. The Balaban J connectivity index is 2.25. The third kappa shape index (κ3) is 8.77. The first-order valence-corrected chi connectivity index (χ1v) is 8.45. The number of ether oxygens (including phenoxy) is 1. The molecule has 0 fully saturated rings. The van der Waals surface area contributed by atoms with E-state index in [1.165, 1.54) is 24.3 Å². The van der Waals surface area contributed by atoms with Gasteiger partial charge in [0.1, 0.15) is 5.60 Å². The lowest BCUT2D eigenvalue weighted by atomic mass is 10.1. The van der Waals surface area contributed by atoms with E-state index in [4.69, 9.17) is 15.7 Å². The molecule has 0 aliphatic heterocycles. The van der Waals surface area contributed by atoms with Gasteiger partial charge in [0.25, 0.3) is 0 Å². The van der Waals surface area contributed by atoms with Crippen molar-refractivity contribution in [1.82, 2.24) is 5.32 Å². The lowest BCUT2D eigenvalue weighted by Crippen LogP contribution is -2.99. The van der Waals surface area contributed by atoms with Gasteiger partial charge in [0.05, 0.1) is 6.04 Å². The van der Waals surface area contributed by atoms with E-state index >= 15 is 0 Å². The Hall–Kier alpha value is -2.20. The highest BCUT2D eigenvalue weighted by molar-refractivity contribution is 5.94. The van der Waals surface area contributed by atoms with Crippen molar-refractivity contribution in [3.63, 3.8) is 0 Å². The maximum atomic E-state index is 12.0. The lowest BCUT2D eigenvalue weighted by Gasteiger charge is -2.19. The number of hydrogen-bond acceptors (Lipinski definition) is 6. The number of anilines is 1. The number of hydrogen-bond donors (Lipinski definition) is 5. The van der Waals surface area contributed by atoms with Gasteiger partial charge in [0.15, 0.2) is 5.69 Å². The maximum Gasteiger partial charge on any atom is 0.407 e. The number of carbonyl (C=O) groups is 2. The fourth-order valence-electron chi connectivity index (χ4n) is 2.06. The van der Waals surface area contributed by atoms with Crippen LogP contribution in [0.2, 0.25) is 0 Å². The van der Waals surface area contributed by atoms with Crippen LogP contribution in [0.4, 0.5) is 16.2 Å². The molecule has 0 saturated carbocycles. The largest absolute Gasteiger partial charge is 0.595 e. The molecule has 9 nitrogen and oxygen atoms in total. The summed E-state index contributed by atoms with van der Waals surface area (Å²) in [4.78, 5) is 23.5. The van der Waals surface area contributed by atoms with Crippen molar-refractivity contribution >= 4 is 23.4 Å². The molecule has 0 aliphatic rings. The Bertz CT molecular complexity index is 584. The van der Waals surface area contributed by atoms with Gasteiger partial charge in [0, 0.05) is 24.4 Å². The Morgan fingerprint density at radius 2 is 1.88 bits per heavy atom. The van der Waals surface area contributed by atoms with Gasteiger partial charge in [-0.2, -0.15) is 5.23 Å². The van der Waals surface area contributed by atoms with Gasteiger partial charge < -0.3 is 26.3 Å². The summed E-state index contributed by atoms with van der Waals surface area (Å²) in [5.41, 5.74) is 5.95. The summed E-state index contributed by atoms with van der Waals surface area (Å²) < 4.78 is 5.12. The molecule has 1 aromatic carbocycles. The van der Waals surface area contributed by atoms with Gasteiger partial charge in [-0.1, -0.05) is 0 Å². The van der Waals surface area contributed by atoms with E-state index in [9.17, 15) is 14.8 Å². The van der Waals surface area contributed by atoms with E-state index < -0.39 is 23.0 Å². The van der Waals surface area contributed by atoms with Gasteiger partial charge in [-0.25, -0.2) is 10.0 Å². The number of benzene rings is 1. The van der Waals surface area contributed by atoms with E-state index in [1.807, 2.05) is 0 Å². The minimum Gasteiger partial charge on any atom is -0.595 e. The quantitative estimate of drug-likeness (QED) is 0.343. The van der Waals surface area contributed by atoms with E-state index in [0.29, 0.717) is 31.5 Å². The van der Waals surface area contributed by atoms with Crippen LogP contribution in [-0.2, 0) is 9.53 Å². The summed E-state index contributed by atoms with van der Waals surface area (Å²) in [5, 5.41) is 23.9. The average Bonchev–Trinajstić information content (AvgIpc) is 2.53. The van der Waals surface area contributed by atoms with Crippen LogP contribution in [0.25, 0.3) is 0 Å². The summed E-state index contributed by atoms with van der Waals surface area (Å²) in [7, 11) is 0. The summed E-state index contributed by atoms with van der Waals surface area (Å²) in [6.45, 7) is 5.82. The number of unbranched alkanes of at least 4 members (excludes halogenated alkanes) is 1. The number of rotatable bonds is 8. The molecule has 26 heavy (non-hydrogen) atoms. The molecule has 9 heteroatoms. The van der Waals surface area contributed by atoms with Crippen molar-refractivity contribution in [2.24, 2.45) is 5.73 Å². The number of carbonyl (C=O) groups excluding carboxylic acids is 2. The predicted octanol–water partition coefficient (Wildman–Crippen LogP) is 1.05. The number of quaternary nitrogens is 1. The van der Waals surface area contributed by atoms with Crippen molar-refractivity contribution in [1.29, 1.82) is 0 Å². The smallest absolute Gasteiger partial charge is 0.407 e. The molecule has 2 unspecified atom stereocenters. The SMILES string of the molecule is CC(C)(C)OC(=O)NCCCCC(N)C(=O)Nc1ccc([NH+]([O-])O)cc1. The highest BCUT2D eigenvalue weighted by atomic mass is 16.8. The molecule has 6 N–H and O–H groups in total. The Kier molecular flexibility index (Phi) is 8.46. The number of nitrogens with one attached hydrogen (secondary N) is 3. The molecule has 0 saturated heterocycles. The molecule has 0 radical (unpaired) electrons. The van der Waals surface area contributed by atoms with Crippen LogP contribution in [0.5, 0.6) is 0 Å². The highest BCUT2D eigenvalue weighted by Gasteiger charge is 2.16. The third-order valence-electron chi connectivity index (χ3n) is 3.35. The van der Waals surface area contributed by atoms with Crippen molar-refractivity contribution < 1.29 is 24.8 Å². The Morgan fingerprint density at radius 1 is 1.27 bits per heavy atom. The second-order valence-electron chi connectivity index (χ2n) is 6.90. The predicted molar refractivity (Wildman–Crippen MR) is 96.9 cm³/mol. The molecular weight excluding hydrogens is 340 g/mol. The molecule has 1 rings (SSSR count). The number of alkyl carbamates (subject to hydrolysis) is 1. The maximum absolute atomic E-state index is 12.0. The lowest BCUT2D eigenvalue weighted by molar-refractivity contribution is -0.991. The second-order valence-corrected chi connectivity index (χ2v) is 6.90. The van der Waals surface area contributed by atoms with Gasteiger partial charge in [-0.3, -0.25) is 4.79 Å². The normalized spacial score (nSPS) is 13.6. The van der Waals surface area contributed by atoms with Gasteiger partial charge >= 0.3 is 6.09 Å². The van der Waals surface area contributed by atoms with Gasteiger partial charge in [-0.05, 0) is 52.2 Å². The van der Waals surface area contributed by atoms with Gasteiger partial charge in [-0.15, -0.1) is 0 Å². The van der Waals surface area contributed by atoms with Crippen LogP contribution in [0, 0.1) is 5.21 Å². The van der Waals surface area contributed by atoms with Crippen molar-refractivity contribution in [3.05, 3.63) is 29.5 Å². The van der Waals surface area contributed by atoms with Crippen LogP contribution in [0.15, 0.2) is 24.3 Å². The van der Waals surface area contributed by atoms with Crippen LogP contribution in [0.3, 0.4) is 0 Å². The summed E-state index contributed by atoms with van der Waals surface area (Å²) in [6, 6.07) is 5.16. The van der Waals surface area contributed by atoms with Crippen molar-refractivity contribution in [2.45, 2.75) is 51.7 Å². The van der Waals surface area contributed by atoms with Crippen LogP contribution in [0.1, 0.15) is 40.0 Å². The number of nitrogens with two attached hydrogens (primary N) is 1. The first-order valence-electron chi connectivity index (χ1n) is 8.45. The third-order valence-corrected chi connectivity index (χ3v) is 3.35. The first-order chi connectivity index (χ1) is 12.1. The fraction of sp³-hybridized carbons (Fsp3) is 0.529. The standard InChI is InChI=1S/C17H28N4O5/c1-17(2,3)26-16(23)19-11-5-4-6-14(18)15(22)20-12-7-9-13(10-8-12)21(24)25/h7-10,14,21,24H,4-6,11,18H2,1-3H3,(H,19,23)(H,20,22). The average molecular weight is 368 g/mol. The van der Waals surface area contributed by atoms with Crippen LogP contribution >= 0.6 is 0 Å². The molecule has 2 amide bonds. The first kappa shape index (κ1) is 21.8. The molecule has 0 aliphatic carbocycles. The van der Waals surface area contributed by atoms with Crippen molar-refractivity contribution in [2.75, 3.05) is 11.9 Å². The van der Waals surface area contributed by atoms with E-state index in [0.717, 1.165) is 0 Å². The molecule has 0 aromatic heterocycles. The van der Waals surface area contributed by atoms with Crippen molar-refractivity contribution in [3.8, 4) is 0 Å². The topological polar surface area (TPSA) is 141 Å². The monoisotopic (exact) mass is 368 g/mol. The van der Waals surface area contributed by atoms with Gasteiger partial charge in [0.2, 0.25) is 5.91 Å². The molecule has 2 atom stereocenters. The molecule has 0 spiro atoms.